The predicted molar refractivity (Wildman–Crippen MR) is 77.0 cm³/mol. The molecule has 1 saturated heterocycles. The fourth-order valence-electron chi connectivity index (χ4n) is 2.79. The second-order valence-corrected chi connectivity index (χ2v) is 5.32. The molecule has 0 spiro atoms. The maximum atomic E-state index is 6.00. The van der Waals surface area contributed by atoms with Crippen LogP contribution in [0.25, 0.3) is 11.2 Å². The topological polar surface area (TPSA) is 60.0 Å². The molecule has 0 aliphatic carbocycles. The summed E-state index contributed by atoms with van der Waals surface area (Å²) in [6, 6.07) is 3.97. The van der Waals surface area contributed by atoms with Gasteiger partial charge in [-0.25, -0.2) is 9.97 Å². The highest BCUT2D eigenvalue weighted by molar-refractivity contribution is 5.74. The van der Waals surface area contributed by atoms with Gasteiger partial charge in [0, 0.05) is 12.2 Å². The van der Waals surface area contributed by atoms with Crippen LogP contribution in [0.3, 0.4) is 0 Å². The minimum Gasteiger partial charge on any atom is -0.369 e. The van der Waals surface area contributed by atoms with Gasteiger partial charge in [-0.1, -0.05) is 0 Å². The quantitative estimate of drug-likeness (QED) is 0.909. The Kier molecular flexibility index (Phi) is 3.38. The van der Waals surface area contributed by atoms with Gasteiger partial charge < -0.3 is 10.6 Å². The van der Waals surface area contributed by atoms with Crippen molar-refractivity contribution in [2.45, 2.75) is 32.7 Å². The third-order valence-corrected chi connectivity index (χ3v) is 3.82. The summed E-state index contributed by atoms with van der Waals surface area (Å²) in [5.41, 5.74) is 8.81. The highest BCUT2D eigenvalue weighted by Crippen LogP contribution is 2.17. The molecule has 0 aromatic carbocycles. The summed E-state index contributed by atoms with van der Waals surface area (Å²) >= 11 is 0. The lowest BCUT2D eigenvalue weighted by molar-refractivity contribution is 0.326. The molecule has 102 valence electrons. The van der Waals surface area contributed by atoms with Gasteiger partial charge >= 0.3 is 0 Å². The smallest absolute Gasteiger partial charge is 0.202 e. The number of likely N-dealkylation sites (tertiary alicyclic amines) is 1. The van der Waals surface area contributed by atoms with E-state index in [-0.39, 0.29) is 0 Å². The van der Waals surface area contributed by atoms with Crippen LogP contribution in [-0.4, -0.2) is 39.1 Å². The molecule has 0 amide bonds. The Morgan fingerprint density at radius 2 is 1.95 bits per heavy atom. The van der Waals surface area contributed by atoms with Gasteiger partial charge in [0.05, 0.1) is 0 Å². The Hall–Kier alpha value is -1.62. The van der Waals surface area contributed by atoms with Gasteiger partial charge in [-0.3, -0.25) is 4.57 Å². The number of hydrogen-bond acceptors (Lipinski definition) is 4. The summed E-state index contributed by atoms with van der Waals surface area (Å²) in [6.07, 6.45) is 3.79. The zero-order chi connectivity index (χ0) is 13.2. The van der Waals surface area contributed by atoms with Crippen LogP contribution in [0.4, 0.5) is 5.95 Å². The number of nitrogen functional groups attached to an aromatic ring is 1. The first-order chi connectivity index (χ1) is 9.24. The maximum Gasteiger partial charge on any atom is 0.202 e. The van der Waals surface area contributed by atoms with Crippen molar-refractivity contribution < 1.29 is 0 Å². The molecular weight excluding hydrogens is 238 g/mol. The largest absolute Gasteiger partial charge is 0.369 e. The Balaban J connectivity index is 1.72. The second-order valence-electron chi connectivity index (χ2n) is 5.32. The van der Waals surface area contributed by atoms with Gasteiger partial charge in [0.15, 0.2) is 5.65 Å². The first-order valence-corrected chi connectivity index (χ1v) is 7.06. The van der Waals surface area contributed by atoms with Gasteiger partial charge in [0.1, 0.15) is 5.52 Å². The summed E-state index contributed by atoms with van der Waals surface area (Å²) in [6.45, 7) is 6.53. The molecule has 19 heavy (non-hydrogen) atoms. The summed E-state index contributed by atoms with van der Waals surface area (Å²) in [5.74, 6) is 0.578. The van der Waals surface area contributed by atoms with E-state index in [1.807, 2.05) is 23.6 Å². The zero-order valence-corrected chi connectivity index (χ0v) is 11.5. The van der Waals surface area contributed by atoms with Crippen LogP contribution in [0.5, 0.6) is 0 Å². The van der Waals surface area contributed by atoms with Crippen LogP contribution in [0.2, 0.25) is 0 Å². The SMILES string of the molecule is Cc1ccc2nc(N)n(CCCN3CCCC3)c2n1. The van der Waals surface area contributed by atoms with Crippen molar-refractivity contribution in [1.29, 1.82) is 0 Å². The van der Waals surface area contributed by atoms with Gasteiger partial charge in [0.25, 0.3) is 0 Å². The fourth-order valence-corrected chi connectivity index (χ4v) is 2.79. The zero-order valence-electron chi connectivity index (χ0n) is 11.5. The molecule has 5 nitrogen and oxygen atoms in total. The number of nitrogens with zero attached hydrogens (tertiary/aromatic N) is 4. The third-order valence-electron chi connectivity index (χ3n) is 3.82. The predicted octanol–water partition coefficient (Wildman–Crippen LogP) is 1.81. The van der Waals surface area contributed by atoms with E-state index >= 15 is 0 Å². The Morgan fingerprint density at radius 3 is 2.74 bits per heavy atom. The van der Waals surface area contributed by atoms with E-state index in [1.54, 1.807) is 0 Å². The van der Waals surface area contributed by atoms with Gasteiger partial charge in [-0.2, -0.15) is 0 Å². The van der Waals surface area contributed by atoms with Crippen molar-refractivity contribution in [2.75, 3.05) is 25.4 Å². The van der Waals surface area contributed by atoms with Crippen molar-refractivity contribution in [3.8, 4) is 0 Å². The number of anilines is 1. The number of aryl methyl sites for hydroxylation is 2. The molecule has 0 atom stereocenters. The van der Waals surface area contributed by atoms with Crippen LogP contribution >= 0.6 is 0 Å². The minimum atomic E-state index is 0.578. The van der Waals surface area contributed by atoms with Crippen LogP contribution in [-0.2, 0) is 6.54 Å². The Labute approximate surface area is 113 Å². The molecule has 0 radical (unpaired) electrons. The van der Waals surface area contributed by atoms with Gasteiger partial charge in [-0.15, -0.1) is 0 Å². The lowest BCUT2D eigenvalue weighted by Crippen LogP contribution is -2.21. The van der Waals surface area contributed by atoms with Crippen molar-refractivity contribution in [3.05, 3.63) is 17.8 Å². The van der Waals surface area contributed by atoms with E-state index in [0.29, 0.717) is 5.95 Å². The van der Waals surface area contributed by atoms with Crippen molar-refractivity contribution in [3.63, 3.8) is 0 Å². The molecule has 0 unspecified atom stereocenters. The molecule has 2 N–H and O–H groups in total. The molecule has 3 heterocycles. The number of hydrogen-bond donors (Lipinski definition) is 1. The Morgan fingerprint density at radius 1 is 1.16 bits per heavy atom. The summed E-state index contributed by atoms with van der Waals surface area (Å²) < 4.78 is 2.04. The van der Waals surface area contributed by atoms with Crippen LogP contribution in [0.1, 0.15) is 25.0 Å². The number of pyridine rings is 1. The Bertz CT molecular complexity index is 568. The molecule has 0 saturated carbocycles. The van der Waals surface area contributed by atoms with Gasteiger partial charge in [0.2, 0.25) is 5.95 Å². The highest BCUT2D eigenvalue weighted by atomic mass is 15.2. The van der Waals surface area contributed by atoms with E-state index in [1.165, 1.54) is 25.9 Å². The van der Waals surface area contributed by atoms with E-state index in [4.69, 9.17) is 5.73 Å². The highest BCUT2D eigenvalue weighted by Gasteiger charge is 2.12. The minimum absolute atomic E-state index is 0.578. The normalized spacial score (nSPS) is 16.5. The number of nitrogens with two attached hydrogens (primary N) is 1. The van der Waals surface area contributed by atoms with E-state index in [0.717, 1.165) is 36.4 Å². The molecule has 1 aliphatic heterocycles. The van der Waals surface area contributed by atoms with Gasteiger partial charge in [-0.05, 0) is 58.0 Å². The summed E-state index contributed by atoms with van der Waals surface area (Å²) in [5, 5.41) is 0. The molecule has 1 aliphatic rings. The van der Waals surface area contributed by atoms with Crippen LogP contribution in [0, 0.1) is 6.92 Å². The van der Waals surface area contributed by atoms with Crippen LogP contribution < -0.4 is 5.73 Å². The lowest BCUT2D eigenvalue weighted by atomic mass is 10.3. The number of fused-ring (bicyclic) bond motifs is 1. The van der Waals surface area contributed by atoms with E-state index in [9.17, 15) is 0 Å². The summed E-state index contributed by atoms with van der Waals surface area (Å²) in [4.78, 5) is 11.4. The average molecular weight is 259 g/mol. The fraction of sp³-hybridized carbons (Fsp3) is 0.571. The number of aromatic nitrogens is 3. The van der Waals surface area contributed by atoms with Crippen molar-refractivity contribution in [2.24, 2.45) is 0 Å². The van der Waals surface area contributed by atoms with Crippen molar-refractivity contribution in [1.82, 2.24) is 19.4 Å². The number of imidazole rings is 1. The second kappa shape index (κ2) is 5.17. The standard InChI is InChI=1S/C14H21N5/c1-11-5-6-12-13(16-11)19(14(15)17-12)10-4-9-18-7-2-3-8-18/h5-6H,2-4,7-10H2,1H3,(H2,15,17). The molecule has 5 heteroatoms. The first-order valence-electron chi connectivity index (χ1n) is 7.06. The van der Waals surface area contributed by atoms with E-state index < -0.39 is 0 Å². The molecule has 1 fully saturated rings. The molecule has 2 aromatic rings. The monoisotopic (exact) mass is 259 g/mol. The maximum absolute atomic E-state index is 6.00. The van der Waals surface area contributed by atoms with Crippen LogP contribution in [0.15, 0.2) is 12.1 Å². The average Bonchev–Trinajstić information content (AvgIpc) is 2.99. The number of rotatable bonds is 4. The lowest BCUT2D eigenvalue weighted by Gasteiger charge is -2.14. The third kappa shape index (κ3) is 2.56. The molecular formula is C14H21N5. The first kappa shape index (κ1) is 12.4. The molecule has 3 rings (SSSR count). The summed E-state index contributed by atoms with van der Waals surface area (Å²) in [7, 11) is 0. The molecule has 2 aromatic heterocycles. The van der Waals surface area contributed by atoms with E-state index in [2.05, 4.69) is 14.9 Å². The van der Waals surface area contributed by atoms with Crippen molar-refractivity contribution >= 4 is 17.1 Å². The molecule has 0 bridgehead atoms.